The molecule has 0 spiro atoms. The molecule has 0 aliphatic carbocycles. The van der Waals surface area contributed by atoms with Crippen LogP contribution in [0.1, 0.15) is 46.3 Å². The number of likely N-dealkylation sites (tertiary alicyclic amines) is 1. The highest BCUT2D eigenvalue weighted by Crippen LogP contribution is 2.32. The molecule has 5 rings (SSSR count). The van der Waals surface area contributed by atoms with Gasteiger partial charge in [-0.15, -0.1) is 0 Å². The summed E-state index contributed by atoms with van der Waals surface area (Å²) in [7, 11) is 0. The Morgan fingerprint density at radius 3 is 2.96 bits per heavy atom. The van der Waals surface area contributed by atoms with E-state index < -0.39 is 0 Å². The minimum Gasteiger partial charge on any atom is -0.340 e. The topological polar surface area (TPSA) is 99.2 Å². The van der Waals surface area contributed by atoms with Gasteiger partial charge in [0, 0.05) is 24.5 Å². The first-order chi connectivity index (χ1) is 13.5. The monoisotopic (exact) mass is 376 g/mol. The Bertz CT molecular complexity index is 1280. The van der Waals surface area contributed by atoms with E-state index in [1.165, 1.54) is 10.7 Å². The summed E-state index contributed by atoms with van der Waals surface area (Å²) in [6.45, 7) is 4.46. The summed E-state index contributed by atoms with van der Waals surface area (Å²) in [6.07, 6.45) is 3.05. The molecular weight excluding hydrogens is 356 g/mol. The van der Waals surface area contributed by atoms with E-state index >= 15 is 0 Å². The highest BCUT2D eigenvalue weighted by atomic mass is 16.2. The minimum atomic E-state index is -0.381. The molecule has 1 aliphatic rings. The van der Waals surface area contributed by atoms with Gasteiger partial charge in [-0.2, -0.15) is 0 Å². The number of aromatic amines is 2. The number of fused-ring (bicyclic) bond motifs is 2. The van der Waals surface area contributed by atoms with Crippen LogP contribution >= 0.6 is 0 Å². The van der Waals surface area contributed by atoms with Crippen LogP contribution in [0.4, 0.5) is 0 Å². The molecule has 8 heteroatoms. The second-order valence-electron chi connectivity index (χ2n) is 7.41. The van der Waals surface area contributed by atoms with Crippen LogP contribution in [0.3, 0.4) is 0 Å². The van der Waals surface area contributed by atoms with E-state index in [2.05, 4.69) is 20.1 Å². The Kier molecular flexibility index (Phi) is 3.61. The number of carbonyl (C=O) groups is 1. The van der Waals surface area contributed by atoms with Crippen LogP contribution in [-0.4, -0.2) is 41.9 Å². The van der Waals surface area contributed by atoms with E-state index in [9.17, 15) is 9.59 Å². The molecule has 0 unspecified atom stereocenters. The molecule has 28 heavy (non-hydrogen) atoms. The average Bonchev–Trinajstić information content (AvgIpc) is 3.37. The van der Waals surface area contributed by atoms with Gasteiger partial charge in [0.1, 0.15) is 11.4 Å². The Balaban J connectivity index is 1.53. The second-order valence-corrected chi connectivity index (χ2v) is 7.41. The minimum absolute atomic E-state index is 0.0678. The normalized spacial score (nSPS) is 17.1. The maximum atomic E-state index is 13.2. The molecule has 4 aromatic rings. The largest absolute Gasteiger partial charge is 0.340 e. The van der Waals surface area contributed by atoms with Crippen molar-refractivity contribution in [2.24, 2.45) is 0 Å². The van der Waals surface area contributed by atoms with Crippen LogP contribution in [-0.2, 0) is 0 Å². The van der Waals surface area contributed by atoms with E-state index in [0.717, 1.165) is 41.0 Å². The lowest BCUT2D eigenvalue weighted by molar-refractivity contribution is 0.0728. The lowest BCUT2D eigenvalue weighted by Crippen LogP contribution is -2.36. The first-order valence-electron chi connectivity index (χ1n) is 9.36. The Morgan fingerprint density at radius 2 is 2.11 bits per heavy atom. The first-order valence-corrected chi connectivity index (χ1v) is 9.36. The fraction of sp³-hybridized carbons (Fsp3) is 0.300. The Morgan fingerprint density at radius 1 is 1.25 bits per heavy atom. The number of rotatable bonds is 2. The molecule has 3 aromatic heterocycles. The zero-order chi connectivity index (χ0) is 19.4. The number of imidazole rings is 1. The average molecular weight is 376 g/mol. The van der Waals surface area contributed by atoms with Crippen molar-refractivity contribution in [3.8, 4) is 0 Å². The van der Waals surface area contributed by atoms with Crippen molar-refractivity contribution < 1.29 is 4.79 Å². The smallest absolute Gasteiger partial charge is 0.285 e. The predicted octanol–water partition coefficient (Wildman–Crippen LogP) is 2.49. The lowest BCUT2D eigenvalue weighted by atomic mass is 10.2. The molecule has 0 saturated carbocycles. The SMILES string of the molecule is Cc1ccc2nc([C@H]3CCCN3C(=O)c3cnc4cc(C)[nH]n4c3=O)[nH]c2c1. The summed E-state index contributed by atoms with van der Waals surface area (Å²) in [5, 5.41) is 2.93. The lowest BCUT2D eigenvalue weighted by Gasteiger charge is -2.22. The zero-order valence-electron chi connectivity index (χ0n) is 15.7. The molecule has 1 aromatic carbocycles. The van der Waals surface area contributed by atoms with Crippen LogP contribution in [0.15, 0.2) is 35.3 Å². The number of nitrogens with one attached hydrogen (secondary N) is 2. The molecule has 1 fully saturated rings. The highest BCUT2D eigenvalue weighted by Gasteiger charge is 2.34. The fourth-order valence-electron chi connectivity index (χ4n) is 3.98. The zero-order valence-corrected chi connectivity index (χ0v) is 15.7. The number of hydrogen-bond acceptors (Lipinski definition) is 4. The number of H-pyrrole nitrogens is 2. The molecule has 1 amide bonds. The molecule has 1 atom stereocenters. The number of hydrogen-bond donors (Lipinski definition) is 2. The van der Waals surface area contributed by atoms with E-state index in [-0.39, 0.29) is 23.1 Å². The van der Waals surface area contributed by atoms with Gasteiger partial charge in [0.2, 0.25) is 0 Å². The number of aromatic nitrogens is 5. The molecule has 2 N–H and O–H groups in total. The number of nitrogens with zero attached hydrogens (tertiary/aromatic N) is 4. The molecule has 4 heterocycles. The first kappa shape index (κ1) is 16.7. The van der Waals surface area contributed by atoms with E-state index in [1.54, 1.807) is 11.0 Å². The number of aryl methyl sites for hydroxylation is 2. The maximum Gasteiger partial charge on any atom is 0.285 e. The van der Waals surface area contributed by atoms with Gasteiger partial charge < -0.3 is 9.88 Å². The van der Waals surface area contributed by atoms with Gasteiger partial charge in [-0.05, 0) is 44.4 Å². The third kappa shape index (κ3) is 2.52. The van der Waals surface area contributed by atoms with Gasteiger partial charge in [-0.3, -0.25) is 14.7 Å². The summed E-state index contributed by atoms with van der Waals surface area (Å²) in [5.41, 5.74) is 3.99. The summed E-state index contributed by atoms with van der Waals surface area (Å²) in [6, 6.07) is 7.63. The quantitative estimate of drug-likeness (QED) is 0.561. The van der Waals surface area contributed by atoms with Crippen LogP contribution in [0.2, 0.25) is 0 Å². The Labute approximate surface area is 160 Å². The van der Waals surface area contributed by atoms with Crippen molar-refractivity contribution in [3.63, 3.8) is 0 Å². The van der Waals surface area contributed by atoms with Crippen molar-refractivity contribution in [1.29, 1.82) is 0 Å². The van der Waals surface area contributed by atoms with Crippen LogP contribution < -0.4 is 5.56 Å². The molecule has 8 nitrogen and oxygen atoms in total. The van der Waals surface area contributed by atoms with Crippen molar-refractivity contribution in [3.05, 3.63) is 63.5 Å². The standard InChI is InChI=1S/C20H20N6O2/c1-11-5-6-14-15(8-11)23-18(22-14)16-4-3-7-25(16)19(27)13-10-21-17-9-12(2)24-26(17)20(13)28/h5-6,8-10,16,24H,3-4,7H2,1-2H3,(H,22,23)/t16-/m1/s1. The highest BCUT2D eigenvalue weighted by molar-refractivity contribution is 5.94. The van der Waals surface area contributed by atoms with Crippen molar-refractivity contribution in [2.75, 3.05) is 6.54 Å². The van der Waals surface area contributed by atoms with Crippen LogP contribution in [0.25, 0.3) is 16.7 Å². The molecule has 0 radical (unpaired) electrons. The summed E-state index contributed by atoms with van der Waals surface area (Å²) in [5.74, 6) is 0.453. The van der Waals surface area contributed by atoms with Gasteiger partial charge in [0.25, 0.3) is 11.5 Å². The van der Waals surface area contributed by atoms with Crippen LogP contribution in [0.5, 0.6) is 0 Å². The Hall–Kier alpha value is -3.42. The van der Waals surface area contributed by atoms with Crippen LogP contribution in [0, 0.1) is 13.8 Å². The molecule has 142 valence electrons. The van der Waals surface area contributed by atoms with E-state index in [0.29, 0.717) is 12.2 Å². The molecule has 1 saturated heterocycles. The third-order valence-corrected chi connectivity index (χ3v) is 5.34. The molecule has 0 bridgehead atoms. The summed E-state index contributed by atoms with van der Waals surface area (Å²) >= 11 is 0. The molecule has 1 aliphatic heterocycles. The third-order valence-electron chi connectivity index (χ3n) is 5.34. The summed E-state index contributed by atoms with van der Waals surface area (Å²) < 4.78 is 1.32. The number of carbonyl (C=O) groups excluding carboxylic acids is 1. The van der Waals surface area contributed by atoms with E-state index in [4.69, 9.17) is 0 Å². The van der Waals surface area contributed by atoms with Crippen molar-refractivity contribution in [1.82, 2.24) is 29.5 Å². The van der Waals surface area contributed by atoms with Gasteiger partial charge in [0.15, 0.2) is 5.65 Å². The van der Waals surface area contributed by atoms with Gasteiger partial charge in [0.05, 0.1) is 17.1 Å². The maximum absolute atomic E-state index is 13.2. The number of amides is 1. The number of benzene rings is 1. The van der Waals surface area contributed by atoms with Gasteiger partial charge in [-0.1, -0.05) is 6.07 Å². The molecular formula is C20H20N6O2. The predicted molar refractivity (Wildman–Crippen MR) is 104 cm³/mol. The van der Waals surface area contributed by atoms with Gasteiger partial charge >= 0.3 is 0 Å². The second kappa shape index (κ2) is 6.05. The van der Waals surface area contributed by atoms with E-state index in [1.807, 2.05) is 32.0 Å². The summed E-state index contributed by atoms with van der Waals surface area (Å²) in [4.78, 5) is 40.0. The van der Waals surface area contributed by atoms with Crippen molar-refractivity contribution >= 4 is 22.6 Å². The fourth-order valence-corrected chi connectivity index (χ4v) is 3.98. The van der Waals surface area contributed by atoms with Crippen molar-refractivity contribution in [2.45, 2.75) is 32.7 Å². The van der Waals surface area contributed by atoms with Gasteiger partial charge in [-0.25, -0.2) is 14.5 Å².